The van der Waals surface area contributed by atoms with Gasteiger partial charge in [-0.15, -0.1) is 0 Å². The quantitative estimate of drug-likeness (QED) is 0.867. The van der Waals surface area contributed by atoms with Crippen molar-refractivity contribution in [3.63, 3.8) is 0 Å². The van der Waals surface area contributed by atoms with Gasteiger partial charge in [0.15, 0.2) is 11.1 Å². The first kappa shape index (κ1) is 15.2. The number of nitrogens with zero attached hydrogens (tertiary/aromatic N) is 1. The van der Waals surface area contributed by atoms with Gasteiger partial charge in [0.2, 0.25) is 5.91 Å². The van der Waals surface area contributed by atoms with Crippen LogP contribution in [-0.2, 0) is 22.4 Å². The van der Waals surface area contributed by atoms with Crippen molar-refractivity contribution < 1.29 is 13.6 Å². The monoisotopic (exact) mass is 295 g/mol. The van der Waals surface area contributed by atoms with Gasteiger partial charge in [-0.1, -0.05) is 29.8 Å². The maximum atomic E-state index is 12.1. The number of likely N-dealkylation sites (tertiary alicyclic amines) is 1. The molecular weight excluding hydrogens is 274 g/mol. The lowest BCUT2D eigenvalue weighted by Crippen LogP contribution is -2.37. The highest BCUT2D eigenvalue weighted by Crippen LogP contribution is 2.32. The Labute approximate surface area is 122 Å². The molecule has 20 heavy (non-hydrogen) atoms. The van der Waals surface area contributed by atoms with Crippen molar-refractivity contribution in [2.75, 3.05) is 6.54 Å². The van der Waals surface area contributed by atoms with Crippen molar-refractivity contribution >= 4 is 17.0 Å². The molecule has 1 N–H and O–H groups in total. The summed E-state index contributed by atoms with van der Waals surface area (Å²) in [6.07, 6.45) is 0.352. The molecule has 0 aromatic heterocycles. The number of benzene rings is 1. The summed E-state index contributed by atoms with van der Waals surface area (Å²) >= 11 is -1.92. The normalized spacial score (nSPS) is 21.3. The molecule has 1 fully saturated rings. The summed E-state index contributed by atoms with van der Waals surface area (Å²) in [5.41, 5.74) is 2.28. The second-order valence-electron chi connectivity index (χ2n) is 6.01. The van der Waals surface area contributed by atoms with Gasteiger partial charge in [-0.05, 0) is 26.3 Å². The zero-order valence-electron chi connectivity index (χ0n) is 12.1. The molecule has 1 unspecified atom stereocenters. The molecule has 1 aliphatic heterocycles. The van der Waals surface area contributed by atoms with E-state index >= 15 is 0 Å². The number of rotatable bonds is 4. The number of aryl methyl sites for hydroxylation is 1. The summed E-state index contributed by atoms with van der Waals surface area (Å²) in [4.78, 5) is 13.9. The summed E-state index contributed by atoms with van der Waals surface area (Å²) in [6.45, 7) is 6.64. The van der Waals surface area contributed by atoms with Gasteiger partial charge < -0.3 is 9.45 Å². The number of hydrogen-bond donors (Lipinski definition) is 1. The van der Waals surface area contributed by atoms with Gasteiger partial charge in [-0.25, -0.2) is 4.21 Å². The largest absolute Gasteiger partial charge is 0.338 e. The summed E-state index contributed by atoms with van der Waals surface area (Å²) in [5, 5.41) is 0. The number of hydrogen-bond acceptors (Lipinski definition) is 2. The Hall–Kier alpha value is -1.20. The minimum atomic E-state index is -1.92. The molecule has 0 bridgehead atoms. The van der Waals surface area contributed by atoms with E-state index in [1.165, 1.54) is 5.56 Å². The number of carbonyl (C=O) groups is 1. The average Bonchev–Trinajstić information content (AvgIpc) is 2.74. The Balaban J connectivity index is 2.06. The molecule has 4 nitrogen and oxygen atoms in total. The molecule has 1 amide bonds. The Morgan fingerprint density at radius 1 is 1.35 bits per heavy atom. The smallest absolute Gasteiger partial charge is 0.223 e. The van der Waals surface area contributed by atoms with Crippen LogP contribution >= 0.6 is 0 Å². The van der Waals surface area contributed by atoms with Gasteiger partial charge in [0, 0.05) is 25.4 Å². The maximum absolute atomic E-state index is 12.1. The molecule has 1 saturated heterocycles. The lowest BCUT2D eigenvalue weighted by Gasteiger charge is -2.27. The zero-order chi connectivity index (χ0) is 14.9. The summed E-state index contributed by atoms with van der Waals surface area (Å²) in [6, 6.07) is 8.09. The van der Waals surface area contributed by atoms with Crippen molar-refractivity contribution in [3.8, 4) is 0 Å². The first-order valence-corrected chi connectivity index (χ1v) is 7.85. The van der Waals surface area contributed by atoms with Crippen LogP contribution in [-0.4, -0.2) is 30.9 Å². The molecular formula is C15H21NO3S. The second kappa shape index (κ2) is 5.66. The van der Waals surface area contributed by atoms with Crippen LogP contribution in [0, 0.1) is 12.8 Å². The van der Waals surface area contributed by atoms with E-state index in [4.69, 9.17) is 0 Å². The maximum Gasteiger partial charge on any atom is 0.223 e. The fourth-order valence-corrected chi connectivity index (χ4v) is 2.89. The van der Waals surface area contributed by atoms with Crippen molar-refractivity contribution in [2.24, 2.45) is 5.92 Å². The van der Waals surface area contributed by atoms with E-state index < -0.39 is 15.8 Å². The number of amides is 1. The van der Waals surface area contributed by atoms with E-state index in [1.807, 2.05) is 31.2 Å². The highest BCUT2D eigenvalue weighted by molar-refractivity contribution is 7.80. The number of carbonyl (C=O) groups excluding carboxylic acids is 1. The fourth-order valence-electron chi connectivity index (χ4n) is 2.45. The van der Waals surface area contributed by atoms with Crippen LogP contribution in [0.1, 0.15) is 31.4 Å². The SMILES string of the molecule is Cc1ccc(CN2C[C@@H](C(C)(C)S(=O)O)CC2=O)cc1. The van der Waals surface area contributed by atoms with E-state index in [0.717, 1.165) is 5.56 Å². The minimum absolute atomic E-state index is 0.0640. The average molecular weight is 295 g/mol. The summed E-state index contributed by atoms with van der Waals surface area (Å²) in [7, 11) is 0. The molecule has 0 radical (unpaired) electrons. The molecule has 1 aliphatic rings. The van der Waals surface area contributed by atoms with Crippen LogP contribution in [0.2, 0.25) is 0 Å². The lowest BCUT2D eigenvalue weighted by atomic mass is 9.94. The highest BCUT2D eigenvalue weighted by Gasteiger charge is 2.42. The van der Waals surface area contributed by atoms with Crippen molar-refractivity contribution in [1.82, 2.24) is 4.90 Å². The van der Waals surface area contributed by atoms with Crippen LogP contribution in [0.25, 0.3) is 0 Å². The summed E-state index contributed by atoms with van der Waals surface area (Å²) < 4.78 is 20.0. The standard InChI is InChI=1S/C15H21NO3S/c1-11-4-6-12(7-5-11)9-16-10-13(8-14(16)17)15(2,3)20(18)19/h4-7,13H,8-10H2,1-3H3,(H,18,19)/t13-/m0/s1. The van der Waals surface area contributed by atoms with E-state index in [9.17, 15) is 13.6 Å². The third-order valence-corrected chi connectivity index (χ3v) is 5.38. The first-order chi connectivity index (χ1) is 9.30. The van der Waals surface area contributed by atoms with Crippen molar-refractivity contribution in [2.45, 2.75) is 38.5 Å². The fraction of sp³-hybridized carbons (Fsp3) is 0.533. The Morgan fingerprint density at radius 2 is 1.95 bits per heavy atom. The van der Waals surface area contributed by atoms with E-state index in [0.29, 0.717) is 19.5 Å². The van der Waals surface area contributed by atoms with Gasteiger partial charge in [0.1, 0.15) is 0 Å². The topological polar surface area (TPSA) is 57.6 Å². The Morgan fingerprint density at radius 3 is 2.50 bits per heavy atom. The van der Waals surface area contributed by atoms with Gasteiger partial charge in [-0.2, -0.15) is 0 Å². The van der Waals surface area contributed by atoms with Crippen LogP contribution in [0.4, 0.5) is 0 Å². The van der Waals surface area contributed by atoms with Crippen molar-refractivity contribution in [1.29, 1.82) is 0 Å². The molecule has 2 rings (SSSR count). The molecule has 1 aromatic carbocycles. The highest BCUT2D eigenvalue weighted by atomic mass is 32.2. The first-order valence-electron chi connectivity index (χ1n) is 6.75. The molecule has 2 atom stereocenters. The predicted octanol–water partition coefficient (Wildman–Crippen LogP) is 2.34. The van der Waals surface area contributed by atoms with Crippen LogP contribution in [0.5, 0.6) is 0 Å². The van der Waals surface area contributed by atoms with Crippen LogP contribution in [0.15, 0.2) is 24.3 Å². The molecule has 5 heteroatoms. The molecule has 110 valence electrons. The van der Waals surface area contributed by atoms with Gasteiger partial charge in [0.05, 0.1) is 4.75 Å². The molecule has 0 aliphatic carbocycles. The minimum Gasteiger partial charge on any atom is -0.338 e. The van der Waals surface area contributed by atoms with E-state index in [2.05, 4.69) is 0 Å². The van der Waals surface area contributed by atoms with Gasteiger partial charge in [-0.3, -0.25) is 4.79 Å². The second-order valence-corrected chi connectivity index (χ2v) is 7.56. The molecule has 0 saturated carbocycles. The predicted molar refractivity (Wildman–Crippen MR) is 79.6 cm³/mol. The Kier molecular flexibility index (Phi) is 4.30. The van der Waals surface area contributed by atoms with E-state index in [-0.39, 0.29) is 11.8 Å². The van der Waals surface area contributed by atoms with Crippen molar-refractivity contribution in [3.05, 3.63) is 35.4 Å². The molecule has 1 aromatic rings. The summed E-state index contributed by atoms with van der Waals surface area (Å²) in [5.74, 6) is -0.0135. The zero-order valence-corrected chi connectivity index (χ0v) is 12.9. The lowest BCUT2D eigenvalue weighted by molar-refractivity contribution is -0.128. The van der Waals surface area contributed by atoms with E-state index in [1.54, 1.807) is 18.7 Å². The van der Waals surface area contributed by atoms with Crippen LogP contribution in [0.3, 0.4) is 0 Å². The molecule has 0 spiro atoms. The van der Waals surface area contributed by atoms with Gasteiger partial charge in [0.25, 0.3) is 0 Å². The molecule has 1 heterocycles. The Bertz CT molecular complexity index is 524. The third kappa shape index (κ3) is 3.10. The third-order valence-electron chi connectivity index (χ3n) is 4.14. The van der Waals surface area contributed by atoms with Crippen LogP contribution < -0.4 is 0 Å². The van der Waals surface area contributed by atoms with Gasteiger partial charge >= 0.3 is 0 Å².